The molecule has 2 atom stereocenters. The Morgan fingerprint density at radius 3 is 2.55 bits per heavy atom. The monoisotopic (exact) mass is 277 g/mol. The van der Waals surface area contributed by atoms with Gasteiger partial charge >= 0.3 is 0 Å². The Balaban J connectivity index is 1.60. The summed E-state index contributed by atoms with van der Waals surface area (Å²) in [4.78, 5) is 17.7. The first-order valence-electron chi connectivity index (χ1n) is 7.68. The molecular weight excluding hydrogens is 254 g/mol. The smallest absolute Gasteiger partial charge is 0.250 e. The zero-order valence-corrected chi connectivity index (χ0v) is 12.3. The van der Waals surface area contributed by atoms with Crippen molar-refractivity contribution in [2.45, 2.75) is 49.7 Å². The van der Waals surface area contributed by atoms with Crippen LogP contribution in [0.2, 0.25) is 0 Å². The minimum atomic E-state index is 0.0683. The highest BCUT2D eigenvalue weighted by molar-refractivity contribution is 6.02. The summed E-state index contributed by atoms with van der Waals surface area (Å²) in [6.45, 7) is 0.289. The van der Waals surface area contributed by atoms with E-state index < -0.39 is 0 Å². The van der Waals surface area contributed by atoms with Gasteiger partial charge in [-0.3, -0.25) is 9.69 Å². The van der Waals surface area contributed by atoms with Crippen molar-refractivity contribution in [3.63, 3.8) is 0 Å². The standard InChI is InChI=1S/C15H23N3O2/c1-18-12(19)8-16-13(18)17-14-4-10-3-11(5-14)7-15(6-10,9-14)20-2/h10-11H,3-9H2,1-2H3,(H,16,17). The quantitative estimate of drug-likeness (QED) is 0.823. The van der Waals surface area contributed by atoms with Crippen LogP contribution >= 0.6 is 0 Å². The maximum Gasteiger partial charge on any atom is 0.250 e. The summed E-state index contributed by atoms with van der Waals surface area (Å²) in [6, 6.07) is 0. The maximum atomic E-state index is 11.6. The zero-order chi connectivity index (χ0) is 14.0. The molecule has 0 aromatic rings. The predicted octanol–water partition coefficient (Wildman–Crippen LogP) is 1.14. The van der Waals surface area contributed by atoms with E-state index in [-0.39, 0.29) is 23.6 Å². The van der Waals surface area contributed by atoms with Crippen molar-refractivity contribution in [3.8, 4) is 0 Å². The highest BCUT2D eigenvalue weighted by Gasteiger charge is 2.58. The molecule has 4 bridgehead atoms. The molecular formula is C15H23N3O2. The van der Waals surface area contributed by atoms with Gasteiger partial charge in [-0.15, -0.1) is 0 Å². The molecule has 0 saturated heterocycles. The van der Waals surface area contributed by atoms with Crippen LogP contribution in [-0.4, -0.2) is 48.6 Å². The number of nitrogens with one attached hydrogen (secondary N) is 1. The van der Waals surface area contributed by atoms with E-state index in [1.807, 2.05) is 14.2 Å². The lowest BCUT2D eigenvalue weighted by Crippen LogP contribution is -2.67. The third kappa shape index (κ3) is 1.72. The molecule has 0 aromatic heterocycles. The summed E-state index contributed by atoms with van der Waals surface area (Å²) in [5, 5.41) is 3.64. The first kappa shape index (κ1) is 12.6. The molecule has 4 aliphatic carbocycles. The van der Waals surface area contributed by atoms with Crippen molar-refractivity contribution < 1.29 is 9.53 Å². The largest absolute Gasteiger partial charge is 0.378 e. The lowest BCUT2D eigenvalue weighted by Gasteiger charge is -2.61. The van der Waals surface area contributed by atoms with E-state index in [0.717, 1.165) is 24.2 Å². The molecule has 5 heteroatoms. The number of ether oxygens (including phenoxy) is 1. The average molecular weight is 277 g/mol. The number of guanidine groups is 1. The number of likely N-dealkylation sites (N-methyl/N-ethyl adjacent to an activating group) is 1. The molecule has 4 saturated carbocycles. The van der Waals surface area contributed by atoms with E-state index in [9.17, 15) is 4.79 Å². The second-order valence-electron chi connectivity index (χ2n) is 7.35. The summed E-state index contributed by atoms with van der Waals surface area (Å²) in [5.41, 5.74) is 0.163. The van der Waals surface area contributed by atoms with Crippen molar-refractivity contribution in [1.29, 1.82) is 0 Å². The minimum absolute atomic E-state index is 0.0683. The van der Waals surface area contributed by atoms with Crippen LogP contribution in [0.3, 0.4) is 0 Å². The summed E-state index contributed by atoms with van der Waals surface area (Å²) in [5.74, 6) is 2.39. The van der Waals surface area contributed by atoms with Gasteiger partial charge in [-0.25, -0.2) is 4.99 Å². The summed E-state index contributed by atoms with van der Waals surface area (Å²) in [6.07, 6.45) is 7.25. The fourth-order valence-corrected chi connectivity index (χ4v) is 5.40. The van der Waals surface area contributed by atoms with Gasteiger partial charge in [0, 0.05) is 19.7 Å². The SMILES string of the molecule is COC12CC3CC(CC(NC4=NCC(=O)N4C)(C3)C1)C2. The van der Waals surface area contributed by atoms with Crippen molar-refractivity contribution >= 4 is 11.9 Å². The summed E-state index contributed by atoms with van der Waals surface area (Å²) in [7, 11) is 3.68. The Morgan fingerprint density at radius 2 is 2.00 bits per heavy atom. The van der Waals surface area contributed by atoms with Gasteiger partial charge in [0.25, 0.3) is 5.91 Å². The lowest BCUT2D eigenvalue weighted by molar-refractivity contribution is -0.157. The van der Waals surface area contributed by atoms with E-state index in [1.165, 1.54) is 32.1 Å². The fourth-order valence-electron chi connectivity index (χ4n) is 5.40. The second-order valence-corrected chi connectivity index (χ2v) is 7.35. The molecule has 2 unspecified atom stereocenters. The summed E-state index contributed by atoms with van der Waals surface area (Å²) >= 11 is 0. The Bertz CT molecular complexity index is 474. The number of hydrogen-bond donors (Lipinski definition) is 1. The highest BCUT2D eigenvalue weighted by atomic mass is 16.5. The predicted molar refractivity (Wildman–Crippen MR) is 75.4 cm³/mol. The number of aliphatic imine (C=N–C) groups is 1. The molecule has 5 rings (SSSR count). The van der Waals surface area contributed by atoms with Crippen LogP contribution in [0.4, 0.5) is 0 Å². The van der Waals surface area contributed by atoms with Gasteiger partial charge in [0.05, 0.1) is 5.60 Å². The van der Waals surface area contributed by atoms with Gasteiger partial charge in [0.15, 0.2) is 0 Å². The van der Waals surface area contributed by atoms with Crippen LogP contribution in [0.5, 0.6) is 0 Å². The normalized spacial score (nSPS) is 46.0. The van der Waals surface area contributed by atoms with E-state index >= 15 is 0 Å². The molecule has 1 aliphatic heterocycles. The number of hydrogen-bond acceptors (Lipinski definition) is 4. The number of rotatable bonds is 2. The third-order valence-corrected chi connectivity index (χ3v) is 5.87. The van der Waals surface area contributed by atoms with Crippen molar-refractivity contribution in [1.82, 2.24) is 10.2 Å². The Labute approximate surface area is 119 Å². The lowest BCUT2D eigenvalue weighted by atomic mass is 9.51. The number of carbonyl (C=O) groups is 1. The van der Waals surface area contributed by atoms with Crippen LogP contribution in [0, 0.1) is 11.8 Å². The molecule has 5 nitrogen and oxygen atoms in total. The van der Waals surface area contributed by atoms with Crippen molar-refractivity contribution in [2.75, 3.05) is 20.7 Å². The molecule has 0 spiro atoms. The van der Waals surface area contributed by atoms with Gasteiger partial charge in [0.1, 0.15) is 6.54 Å². The molecule has 5 aliphatic rings. The third-order valence-electron chi connectivity index (χ3n) is 5.87. The molecule has 20 heavy (non-hydrogen) atoms. The highest BCUT2D eigenvalue weighted by Crippen LogP contribution is 2.58. The molecule has 1 N–H and O–H groups in total. The van der Waals surface area contributed by atoms with Gasteiger partial charge in [-0.1, -0.05) is 0 Å². The van der Waals surface area contributed by atoms with Crippen molar-refractivity contribution in [2.24, 2.45) is 16.8 Å². The van der Waals surface area contributed by atoms with E-state index in [4.69, 9.17) is 4.74 Å². The topological polar surface area (TPSA) is 53.9 Å². The van der Waals surface area contributed by atoms with Gasteiger partial charge in [0.2, 0.25) is 5.96 Å². The number of amides is 1. The Hall–Kier alpha value is -1.10. The molecule has 0 radical (unpaired) electrons. The minimum Gasteiger partial charge on any atom is -0.378 e. The first-order valence-corrected chi connectivity index (χ1v) is 7.68. The summed E-state index contributed by atoms with van der Waals surface area (Å²) < 4.78 is 5.93. The van der Waals surface area contributed by atoms with Crippen LogP contribution < -0.4 is 5.32 Å². The first-order chi connectivity index (χ1) is 9.53. The van der Waals surface area contributed by atoms with E-state index in [0.29, 0.717) is 0 Å². The Kier molecular flexibility index (Phi) is 2.50. The molecule has 1 heterocycles. The van der Waals surface area contributed by atoms with Crippen LogP contribution in [-0.2, 0) is 9.53 Å². The van der Waals surface area contributed by atoms with Crippen LogP contribution in [0.1, 0.15) is 38.5 Å². The fraction of sp³-hybridized carbons (Fsp3) is 0.867. The molecule has 4 fully saturated rings. The second kappa shape index (κ2) is 3.97. The molecule has 1 amide bonds. The number of nitrogens with zero attached hydrogens (tertiary/aromatic N) is 2. The van der Waals surface area contributed by atoms with E-state index in [1.54, 1.807) is 4.90 Å². The average Bonchev–Trinajstić information content (AvgIpc) is 2.69. The van der Waals surface area contributed by atoms with Gasteiger partial charge in [-0.05, 0) is 50.4 Å². The maximum absolute atomic E-state index is 11.6. The van der Waals surface area contributed by atoms with Crippen LogP contribution in [0.25, 0.3) is 0 Å². The van der Waals surface area contributed by atoms with E-state index in [2.05, 4.69) is 10.3 Å². The number of methoxy groups -OCH3 is 1. The van der Waals surface area contributed by atoms with Gasteiger partial charge in [-0.2, -0.15) is 0 Å². The molecule has 110 valence electrons. The molecule has 0 aromatic carbocycles. The van der Waals surface area contributed by atoms with Gasteiger partial charge < -0.3 is 10.1 Å². The van der Waals surface area contributed by atoms with Crippen molar-refractivity contribution in [3.05, 3.63) is 0 Å². The zero-order valence-electron chi connectivity index (χ0n) is 12.3. The Morgan fingerprint density at radius 1 is 1.30 bits per heavy atom. The number of carbonyl (C=O) groups excluding carboxylic acids is 1. The van der Waals surface area contributed by atoms with Crippen LogP contribution in [0.15, 0.2) is 4.99 Å².